The third-order valence-corrected chi connectivity index (χ3v) is 4.78. The van der Waals surface area contributed by atoms with Crippen LogP contribution in [0.3, 0.4) is 0 Å². The molecule has 2 fully saturated rings. The van der Waals surface area contributed by atoms with Gasteiger partial charge in [0.15, 0.2) is 0 Å². The van der Waals surface area contributed by atoms with E-state index < -0.39 is 11.7 Å². The van der Waals surface area contributed by atoms with E-state index in [-0.39, 0.29) is 29.6 Å². The fourth-order valence-electron chi connectivity index (χ4n) is 3.17. The maximum absolute atomic E-state index is 13.0. The second-order valence-electron chi connectivity index (χ2n) is 6.91. The molecule has 0 amide bonds. The zero-order valence-corrected chi connectivity index (χ0v) is 15.1. The van der Waals surface area contributed by atoms with Gasteiger partial charge in [-0.2, -0.15) is 23.3 Å². The summed E-state index contributed by atoms with van der Waals surface area (Å²) >= 11 is 0. The Kier molecular flexibility index (Phi) is 4.60. The molecule has 11 heteroatoms. The molecule has 0 radical (unpaired) electrons. The quantitative estimate of drug-likeness (QED) is 0.725. The molecule has 1 aliphatic heterocycles. The number of alkyl halides is 3. The summed E-state index contributed by atoms with van der Waals surface area (Å²) in [6, 6.07) is 0. The molecule has 2 N–H and O–H groups in total. The van der Waals surface area contributed by atoms with Gasteiger partial charge in [-0.15, -0.1) is 0 Å². The lowest BCUT2D eigenvalue weighted by Crippen LogP contribution is -2.16. The SMILES string of the molecule is CNc1nc(Nc2cn(C[C@H]3CCOC3=O)nc2C2CC2)ncc1C(F)(F)F. The third-order valence-electron chi connectivity index (χ3n) is 4.78. The van der Waals surface area contributed by atoms with Gasteiger partial charge in [0.25, 0.3) is 0 Å². The minimum atomic E-state index is -4.54. The van der Waals surface area contributed by atoms with Crippen LogP contribution in [0.25, 0.3) is 0 Å². The average molecular weight is 396 g/mol. The Bertz CT molecular complexity index is 894. The van der Waals surface area contributed by atoms with Crippen LogP contribution in [0.5, 0.6) is 0 Å². The first-order chi connectivity index (χ1) is 13.3. The normalized spacial score (nSPS) is 19.6. The Labute approximate surface area is 158 Å². The highest BCUT2D eigenvalue weighted by Crippen LogP contribution is 2.43. The van der Waals surface area contributed by atoms with Gasteiger partial charge in [0.1, 0.15) is 11.4 Å². The molecule has 0 aromatic carbocycles. The molecule has 0 unspecified atom stereocenters. The maximum Gasteiger partial charge on any atom is 0.421 e. The number of rotatable bonds is 6. The summed E-state index contributed by atoms with van der Waals surface area (Å²) in [5.41, 5.74) is 0.509. The summed E-state index contributed by atoms with van der Waals surface area (Å²) in [5.74, 6) is -0.448. The molecule has 8 nitrogen and oxygen atoms in total. The van der Waals surface area contributed by atoms with Crippen molar-refractivity contribution in [1.82, 2.24) is 19.7 Å². The monoisotopic (exact) mass is 396 g/mol. The van der Waals surface area contributed by atoms with E-state index in [4.69, 9.17) is 4.74 Å². The van der Waals surface area contributed by atoms with Crippen LogP contribution in [0.4, 0.5) is 30.6 Å². The number of ether oxygens (including phenoxy) is 1. The van der Waals surface area contributed by atoms with Gasteiger partial charge in [-0.05, 0) is 19.3 Å². The van der Waals surface area contributed by atoms with Crippen LogP contribution in [-0.2, 0) is 22.3 Å². The van der Waals surface area contributed by atoms with Gasteiger partial charge in [-0.25, -0.2) is 4.98 Å². The standard InChI is InChI=1S/C17H19F3N6O2/c1-21-14-11(17(18,19)20)6-22-16(24-14)23-12-8-26(25-13(12)9-2-3-9)7-10-4-5-28-15(10)27/h6,8-10H,2-5,7H2,1H3,(H2,21,22,23,24)/t10-/m1/s1. The molecule has 1 saturated carbocycles. The molecule has 1 aliphatic carbocycles. The lowest BCUT2D eigenvalue weighted by atomic mass is 10.1. The average Bonchev–Trinajstić information content (AvgIpc) is 3.30. The van der Waals surface area contributed by atoms with Crippen molar-refractivity contribution in [1.29, 1.82) is 0 Å². The van der Waals surface area contributed by atoms with Crippen molar-refractivity contribution in [3.63, 3.8) is 0 Å². The molecule has 2 aliphatic rings. The van der Waals surface area contributed by atoms with Crippen LogP contribution in [0.15, 0.2) is 12.4 Å². The van der Waals surface area contributed by atoms with Crippen LogP contribution in [0.1, 0.15) is 36.4 Å². The molecule has 150 valence electrons. The van der Waals surface area contributed by atoms with Crippen molar-refractivity contribution in [2.24, 2.45) is 5.92 Å². The van der Waals surface area contributed by atoms with E-state index in [1.807, 2.05) is 0 Å². The van der Waals surface area contributed by atoms with Crippen molar-refractivity contribution < 1.29 is 22.7 Å². The number of halogens is 3. The molecule has 2 aromatic heterocycles. The third kappa shape index (κ3) is 3.73. The molecule has 1 saturated heterocycles. The minimum absolute atomic E-state index is 0.0408. The molecule has 0 bridgehead atoms. The van der Waals surface area contributed by atoms with Crippen molar-refractivity contribution in [3.05, 3.63) is 23.7 Å². The number of carbonyl (C=O) groups excluding carboxylic acids is 1. The largest absolute Gasteiger partial charge is 0.465 e. The van der Waals surface area contributed by atoms with Crippen LogP contribution in [0.2, 0.25) is 0 Å². The highest BCUT2D eigenvalue weighted by atomic mass is 19.4. The number of hydrogen-bond acceptors (Lipinski definition) is 7. The van der Waals surface area contributed by atoms with E-state index in [0.717, 1.165) is 24.7 Å². The van der Waals surface area contributed by atoms with Gasteiger partial charge < -0.3 is 15.4 Å². The Morgan fingerprint density at radius 2 is 2.11 bits per heavy atom. The molecule has 1 atom stereocenters. The molecular weight excluding hydrogens is 377 g/mol. The summed E-state index contributed by atoms with van der Waals surface area (Å²) < 4.78 is 45.7. The van der Waals surface area contributed by atoms with Crippen molar-refractivity contribution in [2.75, 3.05) is 24.3 Å². The van der Waals surface area contributed by atoms with E-state index in [9.17, 15) is 18.0 Å². The highest BCUT2D eigenvalue weighted by Gasteiger charge is 2.35. The first kappa shape index (κ1) is 18.5. The second-order valence-corrected chi connectivity index (χ2v) is 6.91. The zero-order valence-electron chi connectivity index (χ0n) is 15.1. The number of hydrogen-bond donors (Lipinski definition) is 2. The molecule has 3 heterocycles. The lowest BCUT2D eigenvalue weighted by Gasteiger charge is -2.12. The number of nitrogens with zero attached hydrogens (tertiary/aromatic N) is 4. The predicted molar refractivity (Wildman–Crippen MR) is 93.1 cm³/mol. The molecular formula is C17H19F3N6O2. The number of aromatic nitrogens is 4. The Balaban J connectivity index is 1.58. The number of anilines is 3. The fourth-order valence-corrected chi connectivity index (χ4v) is 3.17. The van der Waals surface area contributed by atoms with E-state index >= 15 is 0 Å². The van der Waals surface area contributed by atoms with E-state index in [1.54, 1.807) is 10.9 Å². The summed E-state index contributed by atoms with van der Waals surface area (Å²) in [4.78, 5) is 19.4. The first-order valence-corrected chi connectivity index (χ1v) is 8.98. The molecule has 4 rings (SSSR count). The van der Waals surface area contributed by atoms with E-state index in [1.165, 1.54) is 7.05 Å². The topological polar surface area (TPSA) is 94.0 Å². The molecule has 28 heavy (non-hydrogen) atoms. The first-order valence-electron chi connectivity index (χ1n) is 8.98. The van der Waals surface area contributed by atoms with Gasteiger partial charge in [0, 0.05) is 25.4 Å². The highest BCUT2D eigenvalue weighted by molar-refractivity contribution is 5.74. The second kappa shape index (κ2) is 6.95. The van der Waals surface area contributed by atoms with Gasteiger partial charge in [0.2, 0.25) is 5.95 Å². The predicted octanol–water partition coefficient (Wildman–Crippen LogP) is 2.92. The van der Waals surface area contributed by atoms with Crippen molar-refractivity contribution in [3.8, 4) is 0 Å². The molecule has 0 spiro atoms. The van der Waals surface area contributed by atoms with Crippen LogP contribution in [-0.4, -0.2) is 39.4 Å². The van der Waals surface area contributed by atoms with Crippen molar-refractivity contribution in [2.45, 2.75) is 37.9 Å². The van der Waals surface area contributed by atoms with Crippen LogP contribution >= 0.6 is 0 Å². The van der Waals surface area contributed by atoms with Crippen molar-refractivity contribution >= 4 is 23.4 Å². The van der Waals surface area contributed by atoms with Crippen LogP contribution < -0.4 is 10.6 Å². The maximum atomic E-state index is 13.0. The van der Waals surface area contributed by atoms with E-state index in [2.05, 4.69) is 25.7 Å². The summed E-state index contributed by atoms with van der Waals surface area (Å²) in [7, 11) is 1.37. The minimum Gasteiger partial charge on any atom is -0.465 e. The van der Waals surface area contributed by atoms with Gasteiger partial charge in [-0.1, -0.05) is 0 Å². The Hall–Kier alpha value is -2.85. The summed E-state index contributed by atoms with van der Waals surface area (Å²) in [6.45, 7) is 0.813. The van der Waals surface area contributed by atoms with Gasteiger partial charge in [-0.3, -0.25) is 9.48 Å². The fraction of sp³-hybridized carbons (Fsp3) is 0.529. The molecule has 2 aromatic rings. The zero-order chi connectivity index (χ0) is 19.9. The number of nitrogens with one attached hydrogen (secondary N) is 2. The lowest BCUT2D eigenvalue weighted by molar-refractivity contribution is -0.141. The van der Waals surface area contributed by atoms with Crippen LogP contribution in [0, 0.1) is 5.92 Å². The van der Waals surface area contributed by atoms with Gasteiger partial charge in [0.05, 0.1) is 30.5 Å². The smallest absolute Gasteiger partial charge is 0.421 e. The summed E-state index contributed by atoms with van der Waals surface area (Å²) in [6.07, 6.45) is 0.570. The summed E-state index contributed by atoms with van der Waals surface area (Å²) in [5, 5.41) is 9.99. The number of esters is 1. The Morgan fingerprint density at radius 1 is 1.32 bits per heavy atom. The number of carbonyl (C=O) groups is 1. The van der Waals surface area contributed by atoms with Gasteiger partial charge >= 0.3 is 12.1 Å². The van der Waals surface area contributed by atoms with E-state index in [0.29, 0.717) is 25.3 Å². The Morgan fingerprint density at radius 3 is 2.71 bits per heavy atom. The number of cyclic esters (lactones) is 1.